The highest BCUT2D eigenvalue weighted by Gasteiger charge is 2.29. The van der Waals surface area contributed by atoms with Crippen LogP contribution in [0, 0.1) is 0 Å². The van der Waals surface area contributed by atoms with Gasteiger partial charge in [0.2, 0.25) is 0 Å². The molecule has 0 unspecified atom stereocenters. The zero-order valence-electron chi connectivity index (χ0n) is 6.00. The van der Waals surface area contributed by atoms with E-state index in [0.29, 0.717) is 6.42 Å². The summed E-state index contributed by atoms with van der Waals surface area (Å²) in [6.07, 6.45) is -1.64. The topological polar surface area (TPSA) is 20.2 Å². The van der Waals surface area contributed by atoms with E-state index in [-0.39, 0.29) is 0 Å². The number of aliphatic hydroxyl groups excluding tert-OH is 1. The molecular formula is C9H9FO. The first-order valence-corrected chi connectivity index (χ1v) is 3.69. The molecule has 1 aliphatic carbocycles. The van der Waals surface area contributed by atoms with Crippen molar-refractivity contribution in [2.75, 3.05) is 0 Å². The number of rotatable bonds is 0. The molecule has 11 heavy (non-hydrogen) atoms. The van der Waals surface area contributed by atoms with Gasteiger partial charge in [-0.2, -0.15) is 0 Å². The molecule has 1 aromatic rings. The van der Waals surface area contributed by atoms with E-state index < -0.39 is 12.3 Å². The summed E-state index contributed by atoms with van der Waals surface area (Å²) in [5.41, 5.74) is 1.69. The molecule has 2 atom stereocenters. The molecule has 0 radical (unpaired) electrons. The van der Waals surface area contributed by atoms with Gasteiger partial charge in [-0.15, -0.1) is 0 Å². The summed E-state index contributed by atoms with van der Waals surface area (Å²) >= 11 is 0. The number of hydrogen-bond acceptors (Lipinski definition) is 1. The molecule has 1 N–H and O–H groups in total. The largest absolute Gasteiger partial charge is 0.385 e. The molecule has 1 aromatic carbocycles. The Kier molecular flexibility index (Phi) is 1.43. The molecule has 2 heteroatoms. The SMILES string of the molecule is O[C@@H]1c2ccccc2C[C@H]1F. The van der Waals surface area contributed by atoms with Crippen molar-refractivity contribution in [3.05, 3.63) is 35.4 Å². The molecule has 1 aliphatic rings. The summed E-state index contributed by atoms with van der Waals surface area (Å²) < 4.78 is 12.9. The fraction of sp³-hybridized carbons (Fsp3) is 0.333. The normalized spacial score (nSPS) is 28.5. The van der Waals surface area contributed by atoms with Crippen molar-refractivity contribution >= 4 is 0 Å². The van der Waals surface area contributed by atoms with Gasteiger partial charge in [0, 0.05) is 6.42 Å². The first kappa shape index (κ1) is 6.80. The van der Waals surface area contributed by atoms with Crippen LogP contribution in [0.4, 0.5) is 4.39 Å². The highest BCUT2D eigenvalue weighted by Crippen LogP contribution is 2.32. The van der Waals surface area contributed by atoms with Crippen molar-refractivity contribution in [3.8, 4) is 0 Å². The van der Waals surface area contributed by atoms with Crippen LogP contribution in [-0.2, 0) is 6.42 Å². The van der Waals surface area contributed by atoms with Crippen LogP contribution < -0.4 is 0 Å². The fourth-order valence-electron chi connectivity index (χ4n) is 1.53. The lowest BCUT2D eigenvalue weighted by atomic mass is 10.1. The van der Waals surface area contributed by atoms with Gasteiger partial charge < -0.3 is 5.11 Å². The molecule has 2 rings (SSSR count). The number of halogens is 1. The maximum Gasteiger partial charge on any atom is 0.134 e. The van der Waals surface area contributed by atoms with Crippen LogP contribution in [0.15, 0.2) is 24.3 Å². The van der Waals surface area contributed by atoms with Crippen LogP contribution in [-0.4, -0.2) is 11.3 Å². The first-order chi connectivity index (χ1) is 5.29. The van der Waals surface area contributed by atoms with Crippen molar-refractivity contribution in [1.29, 1.82) is 0 Å². The second-order valence-corrected chi connectivity index (χ2v) is 2.86. The number of fused-ring (bicyclic) bond motifs is 1. The lowest BCUT2D eigenvalue weighted by Gasteiger charge is -2.04. The maximum absolute atomic E-state index is 12.9. The number of hydrogen-bond donors (Lipinski definition) is 1. The van der Waals surface area contributed by atoms with Crippen molar-refractivity contribution in [2.45, 2.75) is 18.7 Å². The summed E-state index contributed by atoms with van der Waals surface area (Å²) in [6.45, 7) is 0. The van der Waals surface area contributed by atoms with Gasteiger partial charge >= 0.3 is 0 Å². The van der Waals surface area contributed by atoms with Crippen LogP contribution in [0.2, 0.25) is 0 Å². The van der Waals surface area contributed by atoms with E-state index in [1.54, 1.807) is 6.07 Å². The van der Waals surface area contributed by atoms with Crippen LogP contribution in [0.1, 0.15) is 17.2 Å². The van der Waals surface area contributed by atoms with Gasteiger partial charge in [-0.1, -0.05) is 24.3 Å². The second kappa shape index (κ2) is 2.31. The van der Waals surface area contributed by atoms with E-state index in [1.807, 2.05) is 18.2 Å². The standard InChI is InChI=1S/C9H9FO/c10-8-5-6-3-1-2-4-7(6)9(8)11/h1-4,8-9,11H,5H2/t8-,9-/m1/s1. The van der Waals surface area contributed by atoms with Gasteiger partial charge in [-0.05, 0) is 11.1 Å². The van der Waals surface area contributed by atoms with E-state index in [4.69, 9.17) is 0 Å². The Bertz CT molecular complexity index is 272. The molecular weight excluding hydrogens is 143 g/mol. The van der Waals surface area contributed by atoms with Crippen molar-refractivity contribution in [1.82, 2.24) is 0 Å². The lowest BCUT2D eigenvalue weighted by molar-refractivity contribution is 0.0926. The highest BCUT2D eigenvalue weighted by molar-refractivity contribution is 5.34. The number of aliphatic hydroxyl groups is 1. The predicted molar refractivity (Wildman–Crippen MR) is 40.0 cm³/mol. The number of alkyl halides is 1. The summed E-state index contributed by atoms with van der Waals surface area (Å²) in [6, 6.07) is 7.32. The molecule has 0 aromatic heterocycles. The quantitative estimate of drug-likeness (QED) is 0.598. The average molecular weight is 152 g/mol. The monoisotopic (exact) mass is 152 g/mol. The zero-order chi connectivity index (χ0) is 7.84. The van der Waals surface area contributed by atoms with Crippen molar-refractivity contribution in [3.63, 3.8) is 0 Å². The van der Waals surface area contributed by atoms with E-state index in [1.165, 1.54) is 0 Å². The highest BCUT2D eigenvalue weighted by atomic mass is 19.1. The van der Waals surface area contributed by atoms with Gasteiger partial charge in [0.1, 0.15) is 12.3 Å². The van der Waals surface area contributed by atoms with Gasteiger partial charge in [-0.25, -0.2) is 4.39 Å². The van der Waals surface area contributed by atoms with Crippen LogP contribution in [0.25, 0.3) is 0 Å². The molecule has 1 nitrogen and oxygen atoms in total. The molecule has 58 valence electrons. The Morgan fingerprint density at radius 3 is 2.82 bits per heavy atom. The summed E-state index contributed by atoms with van der Waals surface area (Å²) in [7, 11) is 0. The van der Waals surface area contributed by atoms with Crippen molar-refractivity contribution < 1.29 is 9.50 Å². The Hall–Kier alpha value is -0.890. The molecule has 0 bridgehead atoms. The van der Waals surface area contributed by atoms with E-state index in [2.05, 4.69) is 0 Å². The van der Waals surface area contributed by atoms with Gasteiger partial charge in [0.05, 0.1) is 0 Å². The van der Waals surface area contributed by atoms with Gasteiger partial charge in [0.25, 0.3) is 0 Å². The van der Waals surface area contributed by atoms with Crippen LogP contribution in [0.5, 0.6) is 0 Å². The summed E-state index contributed by atoms with van der Waals surface area (Å²) in [4.78, 5) is 0. The third-order valence-electron chi connectivity index (χ3n) is 2.13. The minimum Gasteiger partial charge on any atom is -0.385 e. The molecule has 0 saturated heterocycles. The average Bonchev–Trinajstić information content (AvgIpc) is 2.30. The van der Waals surface area contributed by atoms with E-state index in [0.717, 1.165) is 11.1 Å². The molecule has 0 amide bonds. The minimum atomic E-state index is -1.10. The maximum atomic E-state index is 12.9. The van der Waals surface area contributed by atoms with E-state index in [9.17, 15) is 9.50 Å². The Labute approximate surface area is 64.5 Å². The fourth-order valence-corrected chi connectivity index (χ4v) is 1.53. The Balaban J connectivity index is 2.47. The number of benzene rings is 1. The molecule has 0 spiro atoms. The van der Waals surface area contributed by atoms with E-state index >= 15 is 0 Å². The third kappa shape index (κ3) is 0.942. The predicted octanol–water partition coefficient (Wildman–Crippen LogP) is 1.61. The first-order valence-electron chi connectivity index (χ1n) is 3.69. The third-order valence-corrected chi connectivity index (χ3v) is 2.13. The zero-order valence-corrected chi connectivity index (χ0v) is 6.00. The molecule has 0 heterocycles. The smallest absolute Gasteiger partial charge is 0.134 e. The molecule has 0 fully saturated rings. The second-order valence-electron chi connectivity index (χ2n) is 2.86. The van der Waals surface area contributed by atoms with Crippen LogP contribution in [0.3, 0.4) is 0 Å². The Morgan fingerprint density at radius 2 is 2.09 bits per heavy atom. The molecule has 0 aliphatic heterocycles. The van der Waals surface area contributed by atoms with Gasteiger partial charge in [-0.3, -0.25) is 0 Å². The van der Waals surface area contributed by atoms with Crippen LogP contribution >= 0.6 is 0 Å². The minimum absolute atomic E-state index is 0.358. The summed E-state index contributed by atoms with van der Waals surface area (Å²) in [5, 5.41) is 9.27. The lowest BCUT2D eigenvalue weighted by Crippen LogP contribution is -2.05. The van der Waals surface area contributed by atoms with Gasteiger partial charge in [0.15, 0.2) is 0 Å². The summed E-state index contributed by atoms with van der Waals surface area (Å²) in [5.74, 6) is 0. The molecule has 0 saturated carbocycles. The Morgan fingerprint density at radius 1 is 1.36 bits per heavy atom. The van der Waals surface area contributed by atoms with Crippen molar-refractivity contribution in [2.24, 2.45) is 0 Å².